The van der Waals surface area contributed by atoms with Gasteiger partial charge >= 0.3 is 12.1 Å². The number of nitrogens with zero attached hydrogens (tertiary/aromatic N) is 1. The molecule has 0 saturated heterocycles. The number of esters is 1. The zero-order chi connectivity index (χ0) is 10.8. The molecular weight excluding hydrogens is 198 g/mol. The average Bonchev–Trinajstić information content (AvgIpc) is 2.59. The Morgan fingerprint density at radius 3 is 3.00 bits per heavy atom. The average molecular weight is 209 g/mol. The molecular formula is C9H11N3O3. The maximum atomic E-state index is 11.4. The molecule has 1 aromatic rings. The van der Waals surface area contributed by atoms with E-state index in [0.717, 1.165) is 12.2 Å². The lowest BCUT2D eigenvalue weighted by atomic mass is 10.3. The second kappa shape index (κ2) is 3.74. The standard InChI is InChI=1S/C9H11N3O3/c10-9(14)15-8(13)7-2-1-6-5-11-3-4-12(6)7/h1-2,11H,3-5H2,(H2,10,14). The van der Waals surface area contributed by atoms with Gasteiger partial charge in [0.05, 0.1) is 0 Å². The van der Waals surface area contributed by atoms with E-state index in [2.05, 4.69) is 10.1 Å². The quantitative estimate of drug-likeness (QED) is 0.496. The zero-order valence-electron chi connectivity index (χ0n) is 8.03. The summed E-state index contributed by atoms with van der Waals surface area (Å²) in [6.45, 7) is 2.19. The number of rotatable bonds is 1. The number of hydrogen-bond acceptors (Lipinski definition) is 4. The van der Waals surface area contributed by atoms with Gasteiger partial charge in [0.15, 0.2) is 0 Å². The monoisotopic (exact) mass is 209 g/mol. The van der Waals surface area contributed by atoms with Gasteiger partial charge in [0, 0.05) is 25.3 Å². The van der Waals surface area contributed by atoms with Crippen LogP contribution in [0.15, 0.2) is 12.1 Å². The van der Waals surface area contributed by atoms with Crippen LogP contribution in [0.3, 0.4) is 0 Å². The van der Waals surface area contributed by atoms with Crippen molar-refractivity contribution in [2.45, 2.75) is 13.1 Å². The van der Waals surface area contributed by atoms with E-state index in [1.54, 1.807) is 6.07 Å². The molecule has 1 aliphatic rings. The molecule has 1 aromatic heterocycles. The predicted octanol–water partition coefficient (Wildman–Crippen LogP) is -0.173. The molecule has 6 heteroatoms. The first-order valence-electron chi connectivity index (χ1n) is 4.59. The molecule has 0 unspecified atom stereocenters. The summed E-state index contributed by atoms with van der Waals surface area (Å²) in [5, 5.41) is 3.17. The number of amides is 1. The van der Waals surface area contributed by atoms with E-state index in [0.29, 0.717) is 18.8 Å². The number of ether oxygens (including phenoxy) is 1. The number of primary amides is 1. The largest absolute Gasteiger partial charge is 0.412 e. The Labute approximate surface area is 86.0 Å². The first-order valence-corrected chi connectivity index (χ1v) is 4.59. The van der Waals surface area contributed by atoms with Gasteiger partial charge in [-0.1, -0.05) is 0 Å². The molecule has 0 aliphatic carbocycles. The highest BCUT2D eigenvalue weighted by Crippen LogP contribution is 2.13. The summed E-state index contributed by atoms with van der Waals surface area (Å²) < 4.78 is 6.14. The van der Waals surface area contributed by atoms with Gasteiger partial charge in [0.25, 0.3) is 0 Å². The van der Waals surface area contributed by atoms with Crippen LogP contribution in [0.5, 0.6) is 0 Å². The Bertz CT molecular complexity index is 411. The Balaban J connectivity index is 2.25. The summed E-state index contributed by atoms with van der Waals surface area (Å²) in [5.74, 6) is -0.698. The molecule has 0 spiro atoms. The van der Waals surface area contributed by atoms with E-state index in [4.69, 9.17) is 5.73 Å². The number of hydrogen-bond donors (Lipinski definition) is 2. The van der Waals surface area contributed by atoms with Crippen molar-refractivity contribution < 1.29 is 14.3 Å². The summed E-state index contributed by atoms with van der Waals surface area (Å²) in [7, 11) is 0. The molecule has 0 aromatic carbocycles. The molecule has 1 aliphatic heterocycles. The van der Waals surface area contributed by atoms with Crippen LogP contribution >= 0.6 is 0 Å². The van der Waals surface area contributed by atoms with Crippen molar-refractivity contribution in [1.82, 2.24) is 9.88 Å². The third-order valence-electron chi connectivity index (χ3n) is 2.29. The molecule has 0 fully saturated rings. The highest BCUT2D eigenvalue weighted by atomic mass is 16.6. The lowest BCUT2D eigenvalue weighted by molar-refractivity contribution is 0.0625. The van der Waals surface area contributed by atoms with Crippen LogP contribution in [0.1, 0.15) is 16.2 Å². The van der Waals surface area contributed by atoms with Crippen molar-refractivity contribution in [3.8, 4) is 0 Å². The molecule has 15 heavy (non-hydrogen) atoms. The van der Waals surface area contributed by atoms with Gasteiger partial charge in [-0.05, 0) is 12.1 Å². The molecule has 1 amide bonds. The highest BCUT2D eigenvalue weighted by Gasteiger charge is 2.19. The van der Waals surface area contributed by atoms with Crippen LogP contribution in [0.25, 0.3) is 0 Å². The third-order valence-corrected chi connectivity index (χ3v) is 2.29. The molecule has 0 atom stereocenters. The molecule has 0 radical (unpaired) electrons. The summed E-state index contributed by atoms with van der Waals surface area (Å²) in [5.41, 5.74) is 6.14. The van der Waals surface area contributed by atoms with E-state index < -0.39 is 12.1 Å². The minimum absolute atomic E-state index is 0.366. The van der Waals surface area contributed by atoms with Crippen molar-refractivity contribution >= 4 is 12.1 Å². The first-order chi connectivity index (χ1) is 7.18. The predicted molar refractivity (Wildman–Crippen MR) is 51.1 cm³/mol. The Morgan fingerprint density at radius 1 is 1.47 bits per heavy atom. The van der Waals surface area contributed by atoms with E-state index in [-0.39, 0.29) is 0 Å². The second-order valence-electron chi connectivity index (χ2n) is 3.25. The molecule has 2 heterocycles. The fraction of sp³-hybridized carbons (Fsp3) is 0.333. The maximum absolute atomic E-state index is 11.4. The van der Waals surface area contributed by atoms with Crippen LogP contribution in [-0.2, 0) is 17.8 Å². The fourth-order valence-electron chi connectivity index (χ4n) is 1.66. The normalized spacial score (nSPS) is 14.4. The maximum Gasteiger partial charge on any atom is 0.412 e. The Kier molecular flexibility index (Phi) is 2.42. The summed E-state index contributed by atoms with van der Waals surface area (Å²) in [6, 6.07) is 3.46. The topological polar surface area (TPSA) is 86.4 Å². The van der Waals surface area contributed by atoms with Crippen LogP contribution in [0.2, 0.25) is 0 Å². The number of nitrogens with one attached hydrogen (secondary N) is 1. The van der Waals surface area contributed by atoms with E-state index in [1.807, 2.05) is 10.6 Å². The third kappa shape index (κ3) is 1.84. The second-order valence-corrected chi connectivity index (χ2v) is 3.25. The van der Waals surface area contributed by atoms with Crippen LogP contribution in [0.4, 0.5) is 4.79 Å². The summed E-state index contributed by atoms with van der Waals surface area (Å²) in [6.07, 6.45) is -1.08. The van der Waals surface area contributed by atoms with Crippen molar-refractivity contribution in [1.29, 1.82) is 0 Å². The Hall–Kier alpha value is -1.82. The van der Waals surface area contributed by atoms with Gasteiger partial charge in [-0.15, -0.1) is 0 Å². The van der Waals surface area contributed by atoms with Gasteiger partial charge in [-0.3, -0.25) is 0 Å². The van der Waals surface area contributed by atoms with Crippen molar-refractivity contribution in [3.63, 3.8) is 0 Å². The molecule has 3 N–H and O–H groups in total. The summed E-state index contributed by atoms with van der Waals surface area (Å²) in [4.78, 5) is 21.9. The zero-order valence-corrected chi connectivity index (χ0v) is 8.03. The lowest BCUT2D eigenvalue weighted by Crippen LogP contribution is -2.30. The van der Waals surface area contributed by atoms with E-state index in [9.17, 15) is 9.59 Å². The van der Waals surface area contributed by atoms with Gasteiger partial charge < -0.3 is 20.4 Å². The summed E-state index contributed by atoms with van der Waals surface area (Å²) >= 11 is 0. The van der Waals surface area contributed by atoms with Crippen molar-refractivity contribution in [2.24, 2.45) is 5.73 Å². The number of carbonyl (C=O) groups excluding carboxylic acids is 2. The minimum Gasteiger partial charge on any atom is -0.372 e. The van der Waals surface area contributed by atoms with Gasteiger partial charge in [0.2, 0.25) is 0 Å². The Morgan fingerprint density at radius 2 is 2.27 bits per heavy atom. The highest BCUT2D eigenvalue weighted by molar-refractivity contribution is 5.95. The van der Waals surface area contributed by atoms with Crippen molar-refractivity contribution in [2.75, 3.05) is 6.54 Å². The van der Waals surface area contributed by atoms with Crippen molar-refractivity contribution in [3.05, 3.63) is 23.5 Å². The molecule has 2 rings (SSSR count). The molecule has 0 bridgehead atoms. The van der Waals surface area contributed by atoms with Gasteiger partial charge in [-0.25, -0.2) is 9.59 Å². The van der Waals surface area contributed by atoms with Crippen LogP contribution in [0, 0.1) is 0 Å². The number of carbonyl (C=O) groups is 2. The van der Waals surface area contributed by atoms with Gasteiger partial charge in [-0.2, -0.15) is 0 Å². The number of fused-ring (bicyclic) bond motifs is 1. The lowest BCUT2D eigenvalue weighted by Gasteiger charge is -2.18. The van der Waals surface area contributed by atoms with E-state index >= 15 is 0 Å². The minimum atomic E-state index is -1.08. The van der Waals surface area contributed by atoms with Crippen LogP contribution in [-0.4, -0.2) is 23.2 Å². The number of nitrogens with two attached hydrogens (primary N) is 1. The number of aromatic nitrogens is 1. The molecule has 0 saturated carbocycles. The molecule has 6 nitrogen and oxygen atoms in total. The van der Waals surface area contributed by atoms with Crippen LogP contribution < -0.4 is 11.1 Å². The fourth-order valence-corrected chi connectivity index (χ4v) is 1.66. The smallest absolute Gasteiger partial charge is 0.372 e. The van der Waals surface area contributed by atoms with Gasteiger partial charge in [0.1, 0.15) is 5.69 Å². The molecule has 80 valence electrons. The first kappa shape index (κ1) is 9.72. The SMILES string of the molecule is NC(=O)OC(=O)c1ccc2n1CCNC2. The van der Waals surface area contributed by atoms with E-state index in [1.165, 1.54) is 0 Å².